The summed E-state index contributed by atoms with van der Waals surface area (Å²) >= 11 is 0. The molecule has 1 aromatic carbocycles. The van der Waals surface area contributed by atoms with Gasteiger partial charge in [0.1, 0.15) is 0 Å². The van der Waals surface area contributed by atoms with Crippen molar-refractivity contribution in [3.05, 3.63) is 35.9 Å². The van der Waals surface area contributed by atoms with Gasteiger partial charge in [-0.3, -0.25) is 9.59 Å². The highest BCUT2D eigenvalue weighted by Gasteiger charge is 2.08. The molecule has 0 radical (unpaired) electrons. The fraction of sp³-hybridized carbons (Fsp3) is 0.429. The maximum Gasteiger partial charge on any atom is 0.306 e. The maximum atomic E-state index is 11.7. The lowest BCUT2D eigenvalue weighted by atomic mass is 10.1. The van der Waals surface area contributed by atoms with Gasteiger partial charge in [0.2, 0.25) is 0 Å². The molecule has 0 saturated carbocycles. The van der Waals surface area contributed by atoms with Crippen LogP contribution in [0, 0.1) is 0 Å². The molecule has 0 bridgehead atoms. The Bertz CT molecular complexity index is 368. The molecular weight excluding hydrogens is 216 g/mol. The highest BCUT2D eigenvalue weighted by Crippen LogP contribution is 2.07. The molecule has 1 aromatic rings. The molecule has 0 fully saturated rings. The zero-order valence-corrected chi connectivity index (χ0v) is 10.3. The SMILES string of the molecule is CC(C)OC(=O)CCCC(=O)c1ccccc1. The van der Waals surface area contributed by atoms with E-state index in [9.17, 15) is 9.59 Å². The lowest BCUT2D eigenvalue weighted by Gasteiger charge is -2.07. The molecule has 0 saturated heterocycles. The van der Waals surface area contributed by atoms with Crippen molar-refractivity contribution in [3.63, 3.8) is 0 Å². The molecule has 3 nitrogen and oxygen atoms in total. The Morgan fingerprint density at radius 3 is 2.35 bits per heavy atom. The number of Topliss-reactive ketones (excluding diaryl/α,β-unsaturated/α-hetero) is 1. The van der Waals surface area contributed by atoms with Gasteiger partial charge in [-0.05, 0) is 20.3 Å². The van der Waals surface area contributed by atoms with Gasteiger partial charge in [-0.1, -0.05) is 30.3 Å². The maximum absolute atomic E-state index is 11.7. The van der Waals surface area contributed by atoms with E-state index in [1.54, 1.807) is 12.1 Å². The minimum Gasteiger partial charge on any atom is -0.463 e. The van der Waals surface area contributed by atoms with Gasteiger partial charge in [0.15, 0.2) is 5.78 Å². The summed E-state index contributed by atoms with van der Waals surface area (Å²) in [6.07, 6.45) is 1.14. The van der Waals surface area contributed by atoms with Crippen molar-refractivity contribution in [3.8, 4) is 0 Å². The predicted molar refractivity (Wildman–Crippen MR) is 65.9 cm³/mol. The van der Waals surface area contributed by atoms with Crippen molar-refractivity contribution in [1.82, 2.24) is 0 Å². The van der Waals surface area contributed by atoms with Gasteiger partial charge >= 0.3 is 5.97 Å². The first-order valence-electron chi connectivity index (χ1n) is 5.87. The number of carbonyl (C=O) groups is 2. The summed E-state index contributed by atoms with van der Waals surface area (Å²) in [5.41, 5.74) is 0.699. The quantitative estimate of drug-likeness (QED) is 0.561. The Balaban J connectivity index is 2.28. The lowest BCUT2D eigenvalue weighted by molar-refractivity contribution is -0.147. The highest BCUT2D eigenvalue weighted by atomic mass is 16.5. The van der Waals surface area contributed by atoms with E-state index in [4.69, 9.17) is 4.74 Å². The lowest BCUT2D eigenvalue weighted by Crippen LogP contribution is -2.11. The zero-order valence-electron chi connectivity index (χ0n) is 10.3. The van der Waals surface area contributed by atoms with Crippen molar-refractivity contribution < 1.29 is 14.3 Å². The first-order valence-corrected chi connectivity index (χ1v) is 5.87. The Kier molecular flexibility index (Phi) is 5.40. The summed E-state index contributed by atoms with van der Waals surface area (Å²) in [7, 11) is 0. The van der Waals surface area contributed by atoms with Gasteiger partial charge in [0.25, 0.3) is 0 Å². The summed E-state index contributed by atoms with van der Waals surface area (Å²) in [5, 5.41) is 0. The number of carbonyl (C=O) groups excluding carboxylic acids is 2. The van der Waals surface area contributed by atoms with Crippen molar-refractivity contribution in [2.75, 3.05) is 0 Å². The van der Waals surface area contributed by atoms with Gasteiger partial charge in [0.05, 0.1) is 6.10 Å². The number of hydrogen-bond acceptors (Lipinski definition) is 3. The van der Waals surface area contributed by atoms with Crippen molar-refractivity contribution in [1.29, 1.82) is 0 Å². The van der Waals surface area contributed by atoms with E-state index in [-0.39, 0.29) is 17.9 Å². The summed E-state index contributed by atoms with van der Waals surface area (Å²) in [6, 6.07) is 9.11. The van der Waals surface area contributed by atoms with Crippen LogP contribution in [0.25, 0.3) is 0 Å². The van der Waals surface area contributed by atoms with Crippen LogP contribution < -0.4 is 0 Å². The fourth-order valence-corrected chi connectivity index (χ4v) is 1.48. The second kappa shape index (κ2) is 6.84. The van der Waals surface area contributed by atoms with Crippen LogP contribution in [0.1, 0.15) is 43.5 Å². The first-order chi connectivity index (χ1) is 8.09. The number of ketones is 1. The zero-order chi connectivity index (χ0) is 12.7. The van der Waals surface area contributed by atoms with Crippen LogP contribution in [-0.4, -0.2) is 17.9 Å². The molecule has 0 aliphatic rings. The van der Waals surface area contributed by atoms with E-state index >= 15 is 0 Å². The average Bonchev–Trinajstić information content (AvgIpc) is 2.29. The molecule has 0 aliphatic carbocycles. The molecular formula is C14H18O3. The summed E-state index contributed by atoms with van der Waals surface area (Å²) < 4.78 is 4.99. The van der Waals surface area contributed by atoms with Crippen molar-refractivity contribution >= 4 is 11.8 Å². The average molecular weight is 234 g/mol. The van der Waals surface area contributed by atoms with E-state index in [1.807, 2.05) is 32.0 Å². The van der Waals surface area contributed by atoms with Gasteiger partial charge < -0.3 is 4.74 Å². The summed E-state index contributed by atoms with van der Waals surface area (Å²) in [6.45, 7) is 3.63. The van der Waals surface area contributed by atoms with Crippen LogP contribution in [0.3, 0.4) is 0 Å². The Hall–Kier alpha value is -1.64. The molecule has 17 heavy (non-hydrogen) atoms. The van der Waals surface area contributed by atoms with Gasteiger partial charge in [0, 0.05) is 18.4 Å². The number of ether oxygens (including phenoxy) is 1. The largest absolute Gasteiger partial charge is 0.463 e. The van der Waals surface area contributed by atoms with Gasteiger partial charge in [-0.25, -0.2) is 0 Å². The summed E-state index contributed by atoms with van der Waals surface area (Å²) in [4.78, 5) is 22.9. The first kappa shape index (κ1) is 13.4. The molecule has 0 N–H and O–H groups in total. The second-order valence-corrected chi connectivity index (χ2v) is 4.18. The van der Waals surface area contributed by atoms with Crippen molar-refractivity contribution in [2.45, 2.75) is 39.2 Å². The third-order valence-corrected chi connectivity index (χ3v) is 2.25. The molecule has 0 spiro atoms. The smallest absolute Gasteiger partial charge is 0.306 e. The second-order valence-electron chi connectivity index (χ2n) is 4.18. The molecule has 0 heterocycles. The van der Waals surface area contributed by atoms with E-state index in [0.29, 0.717) is 24.8 Å². The Morgan fingerprint density at radius 1 is 1.12 bits per heavy atom. The normalized spacial score (nSPS) is 10.3. The van der Waals surface area contributed by atoms with Crippen LogP contribution in [-0.2, 0) is 9.53 Å². The monoisotopic (exact) mass is 234 g/mol. The summed E-state index contributed by atoms with van der Waals surface area (Å²) in [5.74, 6) is -0.163. The van der Waals surface area contributed by atoms with Crippen LogP contribution in [0.15, 0.2) is 30.3 Å². The van der Waals surface area contributed by atoms with E-state index in [1.165, 1.54) is 0 Å². The van der Waals surface area contributed by atoms with Gasteiger partial charge in [-0.15, -0.1) is 0 Å². The number of esters is 1. The van der Waals surface area contributed by atoms with E-state index < -0.39 is 0 Å². The predicted octanol–water partition coefficient (Wildman–Crippen LogP) is 2.99. The van der Waals surface area contributed by atoms with Crippen molar-refractivity contribution in [2.24, 2.45) is 0 Å². The third-order valence-electron chi connectivity index (χ3n) is 2.25. The number of benzene rings is 1. The number of rotatable bonds is 6. The highest BCUT2D eigenvalue weighted by molar-refractivity contribution is 5.96. The molecule has 0 atom stereocenters. The molecule has 0 unspecified atom stereocenters. The molecule has 0 aromatic heterocycles. The number of hydrogen-bond donors (Lipinski definition) is 0. The Morgan fingerprint density at radius 2 is 1.76 bits per heavy atom. The van der Waals surface area contributed by atoms with E-state index in [2.05, 4.69) is 0 Å². The Labute approximate surface area is 102 Å². The molecule has 0 aliphatic heterocycles. The van der Waals surface area contributed by atoms with E-state index in [0.717, 1.165) is 0 Å². The fourth-order valence-electron chi connectivity index (χ4n) is 1.48. The molecule has 1 rings (SSSR count). The van der Waals surface area contributed by atoms with Crippen LogP contribution in [0.4, 0.5) is 0 Å². The van der Waals surface area contributed by atoms with Crippen LogP contribution in [0.5, 0.6) is 0 Å². The molecule has 3 heteroatoms. The minimum atomic E-state index is -0.235. The minimum absolute atomic E-state index is 0.0722. The third kappa shape index (κ3) is 5.29. The topological polar surface area (TPSA) is 43.4 Å². The van der Waals surface area contributed by atoms with Gasteiger partial charge in [-0.2, -0.15) is 0 Å². The standard InChI is InChI=1S/C14H18O3/c1-11(2)17-14(16)10-6-9-13(15)12-7-4-3-5-8-12/h3-5,7-8,11H,6,9-10H2,1-2H3. The molecule has 92 valence electrons. The van der Waals surface area contributed by atoms with Crippen LogP contribution >= 0.6 is 0 Å². The molecule has 0 amide bonds. The van der Waals surface area contributed by atoms with Crippen LogP contribution in [0.2, 0.25) is 0 Å².